The van der Waals surface area contributed by atoms with Crippen molar-refractivity contribution in [3.8, 4) is 0 Å². The lowest BCUT2D eigenvalue weighted by atomic mass is 10.9. The van der Waals surface area contributed by atoms with Gasteiger partial charge in [-0.1, -0.05) is 128 Å². The van der Waals surface area contributed by atoms with Crippen LogP contribution in [0.3, 0.4) is 0 Å². The molecule has 15 heavy (non-hydrogen) atoms. The van der Waals surface area contributed by atoms with Gasteiger partial charge in [-0.15, -0.1) is 0 Å². The van der Waals surface area contributed by atoms with Crippen molar-refractivity contribution in [3.63, 3.8) is 0 Å². The molecule has 11 heteroatoms. The Morgan fingerprint density at radius 2 is 0.667 bits per heavy atom. The van der Waals surface area contributed by atoms with Gasteiger partial charge in [0.25, 0.3) is 0 Å². The smallest absolute Gasteiger partial charge is 0.0933 e. The van der Waals surface area contributed by atoms with Gasteiger partial charge in [-0.3, -0.25) is 0 Å². The predicted molar refractivity (Wildman–Crippen MR) is 75.8 cm³/mol. The molecule has 0 aliphatic carbocycles. The normalized spacial score (nSPS) is 13.6. The maximum absolute atomic E-state index is 5.14. The molecular formula is C4Cl11. The largest absolute Gasteiger partial charge is 0.236 e. The van der Waals surface area contributed by atoms with Gasteiger partial charge in [-0.05, 0) is 0 Å². The highest BCUT2D eigenvalue weighted by atomic mass is 35.6. The summed E-state index contributed by atoms with van der Waals surface area (Å²) in [6.45, 7) is 0. The summed E-state index contributed by atoms with van der Waals surface area (Å²) in [5.74, 6) is 0. The second-order valence-corrected chi connectivity index (χ2v) is 9.55. The minimum absolute atomic E-state index is 0.266. The average Bonchev–Trinajstić information content (AvgIpc) is 1.80. The highest BCUT2D eigenvalue weighted by Gasteiger charge is 2.43. The zero-order chi connectivity index (χ0) is 13.1. The van der Waals surface area contributed by atoms with Crippen molar-refractivity contribution in [1.82, 2.24) is 0 Å². The van der Waals surface area contributed by atoms with Crippen LogP contribution in [0.1, 0.15) is 0 Å². The molecule has 0 bridgehead atoms. The minimum Gasteiger partial charge on any atom is -0.0933 e. The Balaban J connectivity index is 0. The van der Waals surface area contributed by atoms with Crippen molar-refractivity contribution in [2.75, 3.05) is 0 Å². The van der Waals surface area contributed by atoms with Crippen LogP contribution in [0.4, 0.5) is 0 Å². The molecule has 93 valence electrons. The van der Waals surface area contributed by atoms with Crippen LogP contribution in [-0.2, 0) is 0 Å². The van der Waals surface area contributed by atoms with Crippen molar-refractivity contribution in [2.45, 2.75) is 11.4 Å². The second-order valence-electron chi connectivity index (χ2n) is 1.75. The fourth-order valence-corrected chi connectivity index (χ4v) is 0. The number of hydrogen-bond donors (Lipinski definition) is 0. The van der Waals surface area contributed by atoms with E-state index in [2.05, 4.69) is 0 Å². The lowest BCUT2D eigenvalue weighted by Gasteiger charge is -2.19. The van der Waals surface area contributed by atoms with Gasteiger partial charge in [0.15, 0.2) is 0 Å². The lowest BCUT2D eigenvalue weighted by molar-refractivity contribution is 1.10. The van der Waals surface area contributed by atoms with Crippen molar-refractivity contribution in [1.29, 1.82) is 0 Å². The quantitative estimate of drug-likeness (QED) is 0.356. The van der Waals surface area contributed by atoms with E-state index in [-0.39, 0.29) is 4.84 Å². The summed E-state index contributed by atoms with van der Waals surface area (Å²) in [4.78, 5) is -0.266. The molecule has 0 aliphatic heterocycles. The van der Waals surface area contributed by atoms with Gasteiger partial charge in [-0.2, -0.15) is 0 Å². The third-order valence-electron chi connectivity index (χ3n) is 0.536. The monoisotopic (exact) mass is 433 g/mol. The second kappa shape index (κ2) is 7.70. The van der Waals surface area contributed by atoms with Gasteiger partial charge in [0.1, 0.15) is 0 Å². The molecule has 0 fully saturated rings. The summed E-state index contributed by atoms with van der Waals surface area (Å²) in [6, 6.07) is 0. The molecule has 0 atom stereocenters. The number of alkyl halides is 9. The number of hydrogen-bond acceptors (Lipinski definition) is 0. The summed E-state index contributed by atoms with van der Waals surface area (Å²) in [7, 11) is 0. The Hall–Kier alpha value is 3.19. The zero-order valence-electron chi connectivity index (χ0n) is 6.16. The van der Waals surface area contributed by atoms with Crippen molar-refractivity contribution in [3.05, 3.63) is 4.84 Å². The fraction of sp³-hybridized carbons (Fsp3) is 0.750. The fourth-order valence-electron chi connectivity index (χ4n) is 0. The van der Waals surface area contributed by atoms with Crippen LogP contribution in [0.5, 0.6) is 0 Å². The summed E-state index contributed by atoms with van der Waals surface area (Å²) in [5.41, 5.74) is 0. The van der Waals surface area contributed by atoms with E-state index in [9.17, 15) is 0 Å². The van der Waals surface area contributed by atoms with E-state index < -0.39 is 11.4 Å². The molecule has 0 saturated heterocycles. The van der Waals surface area contributed by atoms with Gasteiger partial charge in [-0.25, -0.2) is 0 Å². The molecule has 0 saturated carbocycles. The Morgan fingerprint density at radius 1 is 0.533 bits per heavy atom. The Bertz CT molecular complexity index is 154. The Morgan fingerprint density at radius 3 is 0.667 bits per heavy atom. The van der Waals surface area contributed by atoms with E-state index in [0.29, 0.717) is 0 Å². The van der Waals surface area contributed by atoms with Crippen molar-refractivity contribution in [2.24, 2.45) is 0 Å². The van der Waals surface area contributed by atoms with Crippen LogP contribution in [0.2, 0.25) is 0 Å². The first-order valence-corrected chi connectivity index (χ1v) is 6.74. The molecule has 0 aromatic heterocycles. The van der Waals surface area contributed by atoms with Gasteiger partial charge >= 0.3 is 0 Å². The molecule has 0 heterocycles. The third kappa shape index (κ3) is 12.0. The molecule has 0 aromatic carbocycles. The van der Waals surface area contributed by atoms with E-state index in [4.69, 9.17) is 128 Å². The molecule has 0 rings (SSSR count). The Labute approximate surface area is 142 Å². The average molecular weight is 438 g/mol. The third-order valence-corrected chi connectivity index (χ3v) is 4.82. The summed E-state index contributed by atoms with van der Waals surface area (Å²) < 4.78 is -5.33. The standard InChI is InChI=1S/C2Cl6.C2Cl5/c3-1(4,5)2(6,7)8;3-1(4)2(5,6)7. The number of halogens is 11. The predicted octanol–water partition coefficient (Wildman–Crippen LogP) is 7.05. The van der Waals surface area contributed by atoms with Crippen LogP contribution in [0.25, 0.3) is 0 Å². The van der Waals surface area contributed by atoms with Crippen molar-refractivity contribution < 1.29 is 0 Å². The van der Waals surface area contributed by atoms with Gasteiger partial charge in [0, 0.05) is 0 Å². The summed E-state index contributed by atoms with van der Waals surface area (Å²) in [5, 5.41) is 0. The summed E-state index contributed by atoms with van der Waals surface area (Å²) >= 11 is 56.2. The first kappa shape index (κ1) is 20.5. The van der Waals surface area contributed by atoms with Crippen molar-refractivity contribution >= 4 is 128 Å². The molecule has 0 unspecified atom stereocenters. The van der Waals surface area contributed by atoms with E-state index in [0.717, 1.165) is 0 Å². The van der Waals surface area contributed by atoms with E-state index in [1.165, 1.54) is 0 Å². The van der Waals surface area contributed by atoms with E-state index in [1.54, 1.807) is 0 Å². The first-order valence-electron chi connectivity index (χ1n) is 2.58. The number of rotatable bonds is 0. The topological polar surface area (TPSA) is 0 Å². The van der Waals surface area contributed by atoms with E-state index >= 15 is 0 Å². The summed E-state index contributed by atoms with van der Waals surface area (Å²) in [6.07, 6.45) is 0. The van der Waals surface area contributed by atoms with Gasteiger partial charge in [0.2, 0.25) is 16.2 Å². The van der Waals surface area contributed by atoms with Crippen LogP contribution in [0, 0.1) is 4.84 Å². The lowest BCUT2D eigenvalue weighted by Crippen LogP contribution is -2.23. The first-order chi connectivity index (χ1) is 6.19. The maximum Gasteiger partial charge on any atom is 0.236 e. The highest BCUT2D eigenvalue weighted by Crippen LogP contribution is 2.48. The van der Waals surface area contributed by atoms with Crippen LogP contribution >= 0.6 is 128 Å². The van der Waals surface area contributed by atoms with Gasteiger partial charge < -0.3 is 0 Å². The SMILES string of the molecule is ClC(Cl)(Cl)C(Cl)(Cl)Cl.Cl[C](Cl)C(Cl)(Cl)Cl. The molecule has 1 radical (unpaired) electrons. The zero-order valence-corrected chi connectivity index (χ0v) is 14.5. The van der Waals surface area contributed by atoms with Crippen LogP contribution < -0.4 is 0 Å². The van der Waals surface area contributed by atoms with Gasteiger partial charge in [0.05, 0.1) is 0 Å². The molecular weight excluding hydrogens is 438 g/mol. The molecule has 0 spiro atoms. The van der Waals surface area contributed by atoms with Crippen LogP contribution in [-0.4, -0.2) is 11.4 Å². The molecule has 0 nitrogen and oxygen atoms in total. The molecule has 0 amide bonds. The molecule has 0 aromatic rings. The van der Waals surface area contributed by atoms with E-state index in [1.807, 2.05) is 0 Å². The molecule has 0 aliphatic rings. The maximum atomic E-state index is 5.14. The minimum atomic E-state index is -1.85. The molecule has 0 N–H and O–H groups in total. The highest BCUT2D eigenvalue weighted by molar-refractivity contribution is 6.83. The Kier molecular flexibility index (Phi) is 10.5. The van der Waals surface area contributed by atoms with Crippen LogP contribution in [0.15, 0.2) is 0 Å².